The molecule has 1 N–H and O–H groups in total. The lowest BCUT2D eigenvalue weighted by Crippen LogP contribution is -2.37. The fourth-order valence-electron chi connectivity index (χ4n) is 3.26. The number of nitrogens with zero attached hydrogens (tertiary/aromatic N) is 2. The zero-order chi connectivity index (χ0) is 18.7. The summed E-state index contributed by atoms with van der Waals surface area (Å²) < 4.78 is 5.34. The number of aryl methyl sites for hydroxylation is 1. The third kappa shape index (κ3) is 4.15. The summed E-state index contributed by atoms with van der Waals surface area (Å²) in [7, 11) is 1.67. The van der Waals surface area contributed by atoms with Crippen molar-refractivity contribution in [2.45, 2.75) is 51.5 Å². The maximum Gasteiger partial charge on any atom is 0.271 e. The summed E-state index contributed by atoms with van der Waals surface area (Å²) in [4.78, 5) is 21.3. The number of fused-ring (bicyclic) bond motifs is 1. The van der Waals surface area contributed by atoms with Gasteiger partial charge in [0, 0.05) is 12.0 Å². The first-order valence-corrected chi connectivity index (χ1v) is 9.34. The van der Waals surface area contributed by atoms with Crippen molar-refractivity contribution in [3.05, 3.63) is 52.1 Å². The summed E-state index contributed by atoms with van der Waals surface area (Å²) in [5.41, 5.74) is 2.80. The standard InChI is InChI=1S/C20H24ClN3O2/c1-12(2)19-22-11-17(21)18(24-19)20(25)23-15-6-4-5-13-7-8-16(26-3)10-14(13)9-15/h7-8,10-12,15H,4-6,9H2,1-3H3,(H,23,25). The zero-order valence-corrected chi connectivity index (χ0v) is 16.1. The number of hydrogen-bond acceptors (Lipinski definition) is 4. The molecule has 1 aliphatic rings. The molecule has 5 nitrogen and oxygen atoms in total. The monoisotopic (exact) mass is 373 g/mol. The van der Waals surface area contributed by atoms with Crippen LogP contribution in [-0.2, 0) is 12.8 Å². The highest BCUT2D eigenvalue weighted by Gasteiger charge is 2.22. The first-order chi connectivity index (χ1) is 12.5. The molecular formula is C20H24ClN3O2. The average molecular weight is 374 g/mol. The molecule has 0 saturated heterocycles. The summed E-state index contributed by atoms with van der Waals surface area (Å²) in [6, 6.07) is 6.22. The fourth-order valence-corrected chi connectivity index (χ4v) is 3.44. The molecule has 2 aromatic rings. The summed E-state index contributed by atoms with van der Waals surface area (Å²) in [6.45, 7) is 3.97. The Bertz CT molecular complexity index is 808. The molecule has 0 spiro atoms. The van der Waals surface area contributed by atoms with Gasteiger partial charge in [0.2, 0.25) is 0 Å². The van der Waals surface area contributed by atoms with Gasteiger partial charge in [0.1, 0.15) is 17.3 Å². The number of carbonyl (C=O) groups is 1. The topological polar surface area (TPSA) is 64.1 Å². The normalized spacial score (nSPS) is 16.7. The van der Waals surface area contributed by atoms with Crippen LogP contribution in [0.15, 0.2) is 24.4 Å². The molecule has 26 heavy (non-hydrogen) atoms. The van der Waals surface area contributed by atoms with E-state index in [0.29, 0.717) is 5.82 Å². The zero-order valence-electron chi connectivity index (χ0n) is 15.4. The molecular weight excluding hydrogens is 350 g/mol. The number of halogens is 1. The van der Waals surface area contributed by atoms with Crippen molar-refractivity contribution in [3.63, 3.8) is 0 Å². The molecule has 0 radical (unpaired) electrons. The van der Waals surface area contributed by atoms with Crippen molar-refractivity contribution in [1.82, 2.24) is 15.3 Å². The van der Waals surface area contributed by atoms with Crippen LogP contribution in [0.4, 0.5) is 0 Å². The van der Waals surface area contributed by atoms with Crippen molar-refractivity contribution >= 4 is 17.5 Å². The van der Waals surface area contributed by atoms with Crippen molar-refractivity contribution in [2.24, 2.45) is 0 Å². The lowest BCUT2D eigenvalue weighted by atomic mass is 10.0. The maximum absolute atomic E-state index is 12.7. The van der Waals surface area contributed by atoms with Crippen LogP contribution in [-0.4, -0.2) is 29.0 Å². The van der Waals surface area contributed by atoms with Crippen LogP contribution in [0.3, 0.4) is 0 Å². The van der Waals surface area contributed by atoms with Crippen LogP contribution >= 0.6 is 11.6 Å². The molecule has 6 heteroatoms. The van der Waals surface area contributed by atoms with Gasteiger partial charge in [-0.1, -0.05) is 31.5 Å². The van der Waals surface area contributed by atoms with Gasteiger partial charge in [0.15, 0.2) is 0 Å². The Kier molecular flexibility index (Phi) is 5.77. The molecule has 1 unspecified atom stereocenters. The van der Waals surface area contributed by atoms with Crippen LogP contribution in [0, 0.1) is 0 Å². The average Bonchev–Trinajstić information content (AvgIpc) is 2.82. The first-order valence-electron chi connectivity index (χ1n) is 8.97. The van der Waals surface area contributed by atoms with E-state index in [1.54, 1.807) is 7.11 Å². The number of aromatic nitrogens is 2. The lowest BCUT2D eigenvalue weighted by Gasteiger charge is -2.18. The summed E-state index contributed by atoms with van der Waals surface area (Å²) in [5.74, 6) is 1.36. The Balaban J connectivity index is 1.78. The molecule has 138 valence electrons. The largest absolute Gasteiger partial charge is 0.497 e. The molecule has 0 bridgehead atoms. The van der Waals surface area contributed by atoms with Gasteiger partial charge in [0.25, 0.3) is 5.91 Å². The maximum atomic E-state index is 12.7. The molecule has 0 aliphatic heterocycles. The van der Waals surface area contributed by atoms with Crippen LogP contribution in [0.2, 0.25) is 5.02 Å². The van der Waals surface area contributed by atoms with E-state index in [4.69, 9.17) is 16.3 Å². The Hall–Kier alpha value is -2.14. The highest BCUT2D eigenvalue weighted by Crippen LogP contribution is 2.25. The third-order valence-corrected chi connectivity index (χ3v) is 4.98. The Labute approximate surface area is 159 Å². The van der Waals surface area contributed by atoms with Gasteiger partial charge >= 0.3 is 0 Å². The van der Waals surface area contributed by atoms with E-state index in [1.165, 1.54) is 17.3 Å². The number of benzene rings is 1. The van der Waals surface area contributed by atoms with E-state index in [-0.39, 0.29) is 28.6 Å². The molecule has 1 amide bonds. The molecule has 1 aliphatic carbocycles. The Morgan fingerprint density at radius 2 is 2.15 bits per heavy atom. The first kappa shape index (κ1) is 18.6. The number of rotatable bonds is 4. The fraction of sp³-hybridized carbons (Fsp3) is 0.450. The van der Waals surface area contributed by atoms with E-state index in [9.17, 15) is 4.79 Å². The Morgan fingerprint density at radius 3 is 2.88 bits per heavy atom. The van der Waals surface area contributed by atoms with Gasteiger partial charge in [-0.05, 0) is 48.9 Å². The van der Waals surface area contributed by atoms with E-state index in [0.717, 1.165) is 31.4 Å². The van der Waals surface area contributed by atoms with Crippen LogP contribution < -0.4 is 10.1 Å². The van der Waals surface area contributed by atoms with Crippen LogP contribution in [0.5, 0.6) is 5.75 Å². The molecule has 0 saturated carbocycles. The highest BCUT2D eigenvalue weighted by molar-refractivity contribution is 6.33. The minimum Gasteiger partial charge on any atom is -0.497 e. The molecule has 0 fully saturated rings. The van der Waals surface area contributed by atoms with Crippen molar-refractivity contribution in [1.29, 1.82) is 0 Å². The quantitative estimate of drug-likeness (QED) is 0.824. The number of nitrogens with one attached hydrogen (secondary N) is 1. The number of carbonyl (C=O) groups excluding carboxylic acids is 1. The molecule has 1 aromatic carbocycles. The highest BCUT2D eigenvalue weighted by atomic mass is 35.5. The Morgan fingerprint density at radius 1 is 1.35 bits per heavy atom. The van der Waals surface area contributed by atoms with Gasteiger partial charge in [-0.2, -0.15) is 0 Å². The number of methoxy groups -OCH3 is 1. The molecule has 1 atom stereocenters. The lowest BCUT2D eigenvalue weighted by molar-refractivity contribution is 0.0929. The van der Waals surface area contributed by atoms with Crippen molar-refractivity contribution < 1.29 is 9.53 Å². The summed E-state index contributed by atoms with van der Waals surface area (Å²) >= 11 is 6.16. The second-order valence-corrected chi connectivity index (χ2v) is 7.39. The number of hydrogen-bond donors (Lipinski definition) is 1. The summed E-state index contributed by atoms with van der Waals surface area (Å²) in [5, 5.41) is 3.39. The molecule has 3 rings (SSSR count). The van der Waals surface area contributed by atoms with Gasteiger partial charge < -0.3 is 10.1 Å². The van der Waals surface area contributed by atoms with E-state index in [2.05, 4.69) is 27.4 Å². The second-order valence-electron chi connectivity index (χ2n) is 6.98. The van der Waals surface area contributed by atoms with Gasteiger partial charge in [0.05, 0.1) is 18.3 Å². The van der Waals surface area contributed by atoms with E-state index in [1.807, 2.05) is 19.9 Å². The summed E-state index contributed by atoms with van der Waals surface area (Å²) in [6.07, 6.45) is 5.24. The minimum atomic E-state index is -0.240. The van der Waals surface area contributed by atoms with Crippen molar-refractivity contribution in [3.8, 4) is 5.75 Å². The SMILES string of the molecule is COc1ccc2c(c1)CC(NC(=O)c1nc(C(C)C)ncc1Cl)CCC2. The van der Waals surface area contributed by atoms with Crippen molar-refractivity contribution in [2.75, 3.05) is 7.11 Å². The smallest absolute Gasteiger partial charge is 0.271 e. The molecule has 1 aromatic heterocycles. The van der Waals surface area contributed by atoms with E-state index < -0.39 is 0 Å². The van der Waals surface area contributed by atoms with Crippen LogP contribution in [0.25, 0.3) is 0 Å². The second kappa shape index (κ2) is 8.04. The van der Waals surface area contributed by atoms with Gasteiger partial charge in [-0.3, -0.25) is 4.79 Å². The predicted molar refractivity (Wildman–Crippen MR) is 102 cm³/mol. The number of ether oxygens (including phenoxy) is 1. The number of amides is 1. The van der Waals surface area contributed by atoms with Gasteiger partial charge in [-0.15, -0.1) is 0 Å². The molecule has 1 heterocycles. The van der Waals surface area contributed by atoms with Gasteiger partial charge in [-0.25, -0.2) is 9.97 Å². The minimum absolute atomic E-state index is 0.0457. The predicted octanol–water partition coefficient (Wildman–Crippen LogP) is 3.94. The third-order valence-electron chi connectivity index (χ3n) is 4.71. The van der Waals surface area contributed by atoms with E-state index >= 15 is 0 Å². The van der Waals surface area contributed by atoms with Crippen LogP contribution in [0.1, 0.15) is 60.0 Å².